The number of fused-ring (bicyclic) bond motifs is 6. The average Bonchev–Trinajstić information content (AvgIpc) is 3.32. The molecule has 1 heterocycles. The zero-order chi connectivity index (χ0) is 37.3. The molecule has 3 aliphatic rings. The molecule has 0 spiro atoms. The van der Waals surface area contributed by atoms with Gasteiger partial charge in [-0.05, 0) is 104 Å². The van der Waals surface area contributed by atoms with E-state index in [1.807, 2.05) is 0 Å². The predicted molar refractivity (Wildman–Crippen MR) is 226 cm³/mol. The molecule has 0 amide bonds. The molecule has 5 aromatic rings. The fraction of sp³-hybridized carbons (Fsp3) is 0.412. The molecule has 52 heavy (non-hydrogen) atoms. The first-order valence-electron chi connectivity index (χ1n) is 20.0. The molecule has 2 aliphatic carbocycles. The van der Waals surface area contributed by atoms with Gasteiger partial charge in [0.05, 0.1) is 0 Å². The van der Waals surface area contributed by atoms with Gasteiger partial charge in [-0.3, -0.25) is 0 Å². The molecule has 8 rings (SSSR count). The lowest BCUT2D eigenvalue weighted by Crippen LogP contribution is -2.60. The van der Waals surface area contributed by atoms with Crippen molar-refractivity contribution in [3.8, 4) is 11.1 Å². The van der Waals surface area contributed by atoms with E-state index < -0.39 is 0 Å². The first kappa shape index (κ1) is 35.2. The molecule has 0 saturated heterocycles. The van der Waals surface area contributed by atoms with Gasteiger partial charge in [0.2, 0.25) is 6.71 Å². The number of rotatable bonds is 3. The normalized spacial score (nSPS) is 19.6. The summed E-state index contributed by atoms with van der Waals surface area (Å²) in [5, 5.41) is 0. The van der Waals surface area contributed by atoms with Gasteiger partial charge in [0, 0.05) is 17.3 Å². The van der Waals surface area contributed by atoms with Crippen molar-refractivity contribution in [1.29, 1.82) is 0 Å². The zero-order valence-corrected chi connectivity index (χ0v) is 34.2. The molecule has 1 heteroatoms. The lowest BCUT2D eigenvalue weighted by Gasteiger charge is -2.44. The SMILES string of the molecule is Cc1cc(C)c2c(c1)C(C)c1cc3c(cc1B2c1cc(C(C)(C)C)ccc1C(C)c1cccc2c1-c1ccccc1C2(C)C)C(C)(C)CCC3(C)C. The number of hydrogen-bond acceptors (Lipinski definition) is 0. The van der Waals surface area contributed by atoms with Crippen molar-refractivity contribution in [1.82, 2.24) is 0 Å². The van der Waals surface area contributed by atoms with Gasteiger partial charge in [-0.1, -0.05) is 189 Å². The maximum Gasteiger partial charge on any atom is 0.242 e. The van der Waals surface area contributed by atoms with Gasteiger partial charge in [0.15, 0.2) is 0 Å². The Morgan fingerprint density at radius 2 is 1.31 bits per heavy atom. The molecular weight excluding hydrogens is 623 g/mol. The highest BCUT2D eigenvalue weighted by atomic mass is 14.4. The van der Waals surface area contributed by atoms with Crippen molar-refractivity contribution in [2.45, 2.75) is 136 Å². The van der Waals surface area contributed by atoms with Crippen molar-refractivity contribution < 1.29 is 0 Å². The lowest BCUT2D eigenvalue weighted by atomic mass is 9.31. The second-order valence-electron chi connectivity index (χ2n) is 19.8. The van der Waals surface area contributed by atoms with E-state index in [2.05, 4.69) is 175 Å². The minimum Gasteiger partial charge on any atom is -0.0646 e. The summed E-state index contributed by atoms with van der Waals surface area (Å²) in [5.41, 5.74) is 23.9. The van der Waals surface area contributed by atoms with Crippen LogP contribution in [0.25, 0.3) is 11.1 Å². The van der Waals surface area contributed by atoms with E-state index in [0.29, 0.717) is 5.92 Å². The summed E-state index contributed by atoms with van der Waals surface area (Å²) in [6, 6.07) is 34.1. The second-order valence-corrected chi connectivity index (χ2v) is 19.8. The summed E-state index contributed by atoms with van der Waals surface area (Å²) >= 11 is 0. The molecule has 0 saturated carbocycles. The quantitative estimate of drug-likeness (QED) is 0.166. The van der Waals surface area contributed by atoms with Crippen molar-refractivity contribution in [3.63, 3.8) is 0 Å². The summed E-state index contributed by atoms with van der Waals surface area (Å²) < 4.78 is 0. The van der Waals surface area contributed by atoms with Gasteiger partial charge in [-0.2, -0.15) is 0 Å². The Morgan fingerprint density at radius 3 is 2.00 bits per heavy atom. The minimum atomic E-state index is -0.0212. The van der Waals surface area contributed by atoms with Crippen molar-refractivity contribution >= 4 is 23.1 Å². The van der Waals surface area contributed by atoms with Crippen LogP contribution in [0, 0.1) is 13.8 Å². The summed E-state index contributed by atoms with van der Waals surface area (Å²) in [6.45, 7) is 31.6. The molecular formula is C51H59B. The van der Waals surface area contributed by atoms with Crippen LogP contribution >= 0.6 is 0 Å². The summed E-state index contributed by atoms with van der Waals surface area (Å²) in [4.78, 5) is 0. The Labute approximate surface area is 315 Å². The minimum absolute atomic E-state index is 0.0212. The molecule has 0 nitrogen and oxygen atoms in total. The van der Waals surface area contributed by atoms with Crippen LogP contribution in [0.4, 0.5) is 0 Å². The standard InChI is InChI=1S/C51H59B/c1-30-25-31(2)47-39(26-30)33(4)38-28-42-43(50(10,11)24-23-49(42,8)9)29-45(38)52(47)44-27-34(48(5,6)7)21-22-35(44)32(3)36-18-16-20-41-46(36)37-17-14-15-19-40(37)51(41,12)13/h14-22,25-29,32-33H,23-24H2,1-13H3. The summed E-state index contributed by atoms with van der Waals surface area (Å²) in [5.74, 6) is 0.555. The van der Waals surface area contributed by atoms with Gasteiger partial charge in [0.25, 0.3) is 0 Å². The fourth-order valence-electron chi connectivity index (χ4n) is 10.7. The Morgan fingerprint density at radius 1 is 0.654 bits per heavy atom. The number of hydrogen-bond donors (Lipinski definition) is 0. The van der Waals surface area contributed by atoms with E-state index in [-0.39, 0.29) is 34.3 Å². The highest BCUT2D eigenvalue weighted by molar-refractivity contribution is 6.97. The Hall–Kier alpha value is -3.84. The fourth-order valence-corrected chi connectivity index (χ4v) is 10.7. The molecule has 2 atom stereocenters. The predicted octanol–water partition coefficient (Wildman–Crippen LogP) is 11.4. The van der Waals surface area contributed by atoms with Crippen LogP contribution in [0.15, 0.2) is 84.9 Å². The van der Waals surface area contributed by atoms with Crippen LogP contribution in [0.1, 0.15) is 162 Å². The highest BCUT2D eigenvalue weighted by Crippen LogP contribution is 2.52. The van der Waals surface area contributed by atoms with Crippen LogP contribution in [-0.2, 0) is 21.7 Å². The molecule has 266 valence electrons. The number of aryl methyl sites for hydroxylation is 2. The van der Waals surface area contributed by atoms with E-state index in [1.165, 1.54) is 90.4 Å². The molecule has 0 radical (unpaired) electrons. The van der Waals surface area contributed by atoms with Crippen molar-refractivity contribution in [2.24, 2.45) is 0 Å². The third kappa shape index (κ3) is 5.15. The summed E-state index contributed by atoms with van der Waals surface area (Å²) in [7, 11) is 0. The van der Waals surface area contributed by atoms with Crippen LogP contribution in [0.2, 0.25) is 0 Å². The second kappa shape index (κ2) is 11.6. The monoisotopic (exact) mass is 682 g/mol. The van der Waals surface area contributed by atoms with E-state index in [1.54, 1.807) is 11.1 Å². The van der Waals surface area contributed by atoms with E-state index in [0.717, 1.165) is 0 Å². The van der Waals surface area contributed by atoms with Gasteiger partial charge >= 0.3 is 0 Å². The van der Waals surface area contributed by atoms with Crippen LogP contribution in [0.3, 0.4) is 0 Å². The van der Waals surface area contributed by atoms with Crippen LogP contribution < -0.4 is 16.4 Å². The number of benzene rings is 5. The summed E-state index contributed by atoms with van der Waals surface area (Å²) in [6.07, 6.45) is 2.45. The van der Waals surface area contributed by atoms with Gasteiger partial charge in [-0.15, -0.1) is 0 Å². The topological polar surface area (TPSA) is 0 Å². The van der Waals surface area contributed by atoms with Crippen molar-refractivity contribution in [2.75, 3.05) is 0 Å². The van der Waals surface area contributed by atoms with E-state index in [4.69, 9.17) is 0 Å². The molecule has 0 bridgehead atoms. The average molecular weight is 683 g/mol. The van der Waals surface area contributed by atoms with Gasteiger partial charge in [-0.25, -0.2) is 0 Å². The molecule has 2 unspecified atom stereocenters. The third-order valence-electron chi connectivity index (χ3n) is 14.0. The molecule has 5 aromatic carbocycles. The Bertz CT molecular complexity index is 2270. The molecule has 0 aromatic heterocycles. The lowest BCUT2D eigenvalue weighted by molar-refractivity contribution is 0.332. The maximum atomic E-state index is 2.70. The smallest absolute Gasteiger partial charge is 0.0646 e. The first-order chi connectivity index (χ1) is 24.3. The van der Waals surface area contributed by atoms with Gasteiger partial charge < -0.3 is 0 Å². The Balaban J connectivity index is 1.44. The van der Waals surface area contributed by atoms with E-state index >= 15 is 0 Å². The Kier molecular flexibility index (Phi) is 7.84. The maximum absolute atomic E-state index is 2.70. The van der Waals surface area contributed by atoms with Crippen LogP contribution in [-0.4, -0.2) is 6.71 Å². The van der Waals surface area contributed by atoms with Crippen LogP contribution in [0.5, 0.6) is 0 Å². The highest BCUT2D eigenvalue weighted by Gasteiger charge is 2.44. The molecule has 0 fully saturated rings. The molecule has 1 aliphatic heterocycles. The third-order valence-corrected chi connectivity index (χ3v) is 14.0. The van der Waals surface area contributed by atoms with Crippen molar-refractivity contribution in [3.05, 3.63) is 146 Å². The largest absolute Gasteiger partial charge is 0.242 e. The van der Waals surface area contributed by atoms with E-state index in [9.17, 15) is 0 Å². The zero-order valence-electron chi connectivity index (χ0n) is 34.2. The molecule has 0 N–H and O–H groups in total. The first-order valence-corrected chi connectivity index (χ1v) is 20.0. The van der Waals surface area contributed by atoms with Gasteiger partial charge in [0.1, 0.15) is 0 Å².